The first-order valence-electron chi connectivity index (χ1n) is 3.81. The average Bonchev–Trinajstić information content (AvgIpc) is 2.03. The molecule has 0 aliphatic carbocycles. The van der Waals surface area contributed by atoms with Gasteiger partial charge in [0.1, 0.15) is 5.75 Å². The number of phenols is 1. The summed E-state index contributed by atoms with van der Waals surface area (Å²) in [6.07, 6.45) is 1.79. The molecule has 0 atom stereocenters. The first-order valence-corrected chi connectivity index (χ1v) is 3.81. The van der Waals surface area contributed by atoms with E-state index >= 15 is 0 Å². The van der Waals surface area contributed by atoms with Crippen molar-refractivity contribution in [1.82, 2.24) is 0 Å². The van der Waals surface area contributed by atoms with Crippen LogP contribution in [0.1, 0.15) is 12.0 Å². The largest absolute Gasteiger partial charge is 0.508 e. The van der Waals surface area contributed by atoms with Gasteiger partial charge in [0.15, 0.2) is 0 Å². The van der Waals surface area contributed by atoms with Gasteiger partial charge in [-0.1, -0.05) is 18.2 Å². The minimum atomic E-state index is 0. The number of hydrogen-bond acceptors (Lipinski definition) is 2. The second kappa shape index (κ2) is 5.86. The Morgan fingerprint density at radius 1 is 1.25 bits per heavy atom. The molecule has 0 bridgehead atoms. The first kappa shape index (κ1) is 11.3. The van der Waals surface area contributed by atoms with Crippen LogP contribution in [0.2, 0.25) is 0 Å². The second-order valence-corrected chi connectivity index (χ2v) is 2.52. The number of aryl methyl sites for hydroxylation is 1. The lowest BCUT2D eigenvalue weighted by molar-refractivity contribution is 0.467. The normalized spacial score (nSPS) is 9.08. The third-order valence-electron chi connectivity index (χ3n) is 1.64. The lowest BCUT2D eigenvalue weighted by atomic mass is 10.1. The third kappa shape index (κ3) is 3.11. The van der Waals surface area contributed by atoms with E-state index in [4.69, 9.17) is 5.73 Å². The van der Waals surface area contributed by atoms with Crippen molar-refractivity contribution < 1.29 is 5.11 Å². The maximum absolute atomic E-state index is 9.30. The van der Waals surface area contributed by atoms with Crippen LogP contribution < -0.4 is 5.73 Å². The maximum Gasteiger partial charge on any atom is 0.118 e. The average molecular weight is 188 g/mol. The molecule has 0 aliphatic heterocycles. The van der Waals surface area contributed by atoms with E-state index in [0.717, 1.165) is 18.4 Å². The van der Waals surface area contributed by atoms with E-state index in [-0.39, 0.29) is 12.4 Å². The summed E-state index contributed by atoms with van der Waals surface area (Å²) in [5.74, 6) is 0.376. The van der Waals surface area contributed by atoms with Crippen molar-refractivity contribution >= 4 is 12.4 Å². The van der Waals surface area contributed by atoms with Crippen LogP contribution in [-0.4, -0.2) is 11.7 Å². The van der Waals surface area contributed by atoms with E-state index in [1.165, 1.54) is 0 Å². The Labute approximate surface area is 78.8 Å². The highest BCUT2D eigenvalue weighted by Crippen LogP contribution is 2.16. The van der Waals surface area contributed by atoms with Crippen LogP contribution in [0.15, 0.2) is 24.3 Å². The molecule has 1 aromatic rings. The van der Waals surface area contributed by atoms with Gasteiger partial charge in [-0.15, -0.1) is 12.4 Å². The molecule has 1 aromatic carbocycles. The monoisotopic (exact) mass is 187 g/mol. The molecule has 0 amide bonds. The van der Waals surface area contributed by atoms with Crippen molar-refractivity contribution in [2.75, 3.05) is 6.54 Å². The van der Waals surface area contributed by atoms with Gasteiger partial charge < -0.3 is 10.8 Å². The van der Waals surface area contributed by atoms with E-state index in [2.05, 4.69) is 0 Å². The smallest absolute Gasteiger partial charge is 0.118 e. The SMILES string of the molecule is Cl.NCCCc1ccccc1O. The van der Waals surface area contributed by atoms with E-state index in [1.54, 1.807) is 6.07 Å². The van der Waals surface area contributed by atoms with Crippen LogP contribution in [0.3, 0.4) is 0 Å². The molecular formula is C9H14ClNO. The Balaban J connectivity index is 0.00000121. The maximum atomic E-state index is 9.30. The topological polar surface area (TPSA) is 46.2 Å². The fraction of sp³-hybridized carbons (Fsp3) is 0.333. The van der Waals surface area contributed by atoms with Crippen molar-refractivity contribution in [3.05, 3.63) is 29.8 Å². The number of para-hydroxylation sites is 1. The third-order valence-corrected chi connectivity index (χ3v) is 1.64. The minimum absolute atomic E-state index is 0. The number of aromatic hydroxyl groups is 1. The summed E-state index contributed by atoms with van der Waals surface area (Å²) < 4.78 is 0. The van der Waals surface area contributed by atoms with Gasteiger partial charge in [0.05, 0.1) is 0 Å². The van der Waals surface area contributed by atoms with Crippen LogP contribution in [0.5, 0.6) is 5.75 Å². The number of rotatable bonds is 3. The molecule has 0 saturated carbocycles. The van der Waals surface area contributed by atoms with Crippen molar-refractivity contribution in [3.63, 3.8) is 0 Å². The highest BCUT2D eigenvalue weighted by atomic mass is 35.5. The van der Waals surface area contributed by atoms with Crippen LogP contribution in [-0.2, 0) is 6.42 Å². The van der Waals surface area contributed by atoms with Gasteiger partial charge in [-0.3, -0.25) is 0 Å². The van der Waals surface area contributed by atoms with Crippen molar-refractivity contribution in [1.29, 1.82) is 0 Å². The standard InChI is InChI=1S/C9H13NO.ClH/c10-7-3-5-8-4-1-2-6-9(8)11;/h1-2,4,6,11H,3,5,7,10H2;1H. The Morgan fingerprint density at radius 3 is 2.50 bits per heavy atom. The van der Waals surface area contributed by atoms with E-state index in [1.807, 2.05) is 18.2 Å². The molecule has 0 aliphatic rings. The lowest BCUT2D eigenvalue weighted by Crippen LogP contribution is -2.00. The summed E-state index contributed by atoms with van der Waals surface area (Å²) in [5.41, 5.74) is 6.33. The van der Waals surface area contributed by atoms with Crippen molar-refractivity contribution in [2.45, 2.75) is 12.8 Å². The molecule has 0 spiro atoms. The number of phenolic OH excluding ortho intramolecular Hbond substituents is 1. The van der Waals surface area contributed by atoms with Crippen LogP contribution in [0.25, 0.3) is 0 Å². The predicted molar refractivity (Wildman–Crippen MR) is 52.7 cm³/mol. The Hall–Kier alpha value is -0.730. The van der Waals surface area contributed by atoms with Crippen molar-refractivity contribution in [3.8, 4) is 5.75 Å². The Bertz CT molecular complexity index is 228. The highest BCUT2D eigenvalue weighted by molar-refractivity contribution is 5.85. The summed E-state index contributed by atoms with van der Waals surface area (Å²) in [6.45, 7) is 0.675. The Kier molecular flexibility index (Phi) is 5.51. The number of hydrogen-bond donors (Lipinski definition) is 2. The lowest BCUT2D eigenvalue weighted by Gasteiger charge is -2.01. The van der Waals surface area contributed by atoms with Gasteiger partial charge in [0.25, 0.3) is 0 Å². The molecule has 68 valence electrons. The quantitative estimate of drug-likeness (QED) is 0.757. The number of nitrogens with two attached hydrogens (primary N) is 1. The summed E-state index contributed by atoms with van der Waals surface area (Å²) in [4.78, 5) is 0. The number of halogens is 1. The zero-order valence-corrected chi connectivity index (χ0v) is 7.68. The van der Waals surface area contributed by atoms with Gasteiger partial charge in [0.2, 0.25) is 0 Å². The molecule has 0 heterocycles. The molecule has 0 aromatic heterocycles. The molecule has 12 heavy (non-hydrogen) atoms. The predicted octanol–water partition coefficient (Wildman–Crippen LogP) is 1.71. The van der Waals surface area contributed by atoms with E-state index < -0.39 is 0 Å². The molecule has 0 fully saturated rings. The molecular weight excluding hydrogens is 174 g/mol. The van der Waals surface area contributed by atoms with E-state index in [0.29, 0.717) is 12.3 Å². The van der Waals surface area contributed by atoms with Gasteiger partial charge in [0, 0.05) is 0 Å². The summed E-state index contributed by atoms with van der Waals surface area (Å²) in [7, 11) is 0. The molecule has 0 saturated heterocycles. The van der Waals surface area contributed by atoms with Gasteiger partial charge in [-0.2, -0.15) is 0 Å². The van der Waals surface area contributed by atoms with E-state index in [9.17, 15) is 5.11 Å². The molecule has 2 nitrogen and oxygen atoms in total. The fourth-order valence-electron chi connectivity index (χ4n) is 1.01. The molecule has 1 rings (SSSR count). The molecule has 0 radical (unpaired) electrons. The molecule has 3 N–H and O–H groups in total. The summed E-state index contributed by atoms with van der Waals surface area (Å²) in [5, 5.41) is 9.30. The molecule has 3 heteroatoms. The molecule has 0 unspecified atom stereocenters. The van der Waals surface area contributed by atoms with Gasteiger partial charge in [-0.25, -0.2) is 0 Å². The van der Waals surface area contributed by atoms with Crippen LogP contribution >= 0.6 is 12.4 Å². The van der Waals surface area contributed by atoms with Crippen molar-refractivity contribution in [2.24, 2.45) is 5.73 Å². The number of benzene rings is 1. The fourth-order valence-corrected chi connectivity index (χ4v) is 1.01. The second-order valence-electron chi connectivity index (χ2n) is 2.52. The summed E-state index contributed by atoms with van der Waals surface area (Å²) >= 11 is 0. The van der Waals surface area contributed by atoms with Gasteiger partial charge in [-0.05, 0) is 31.0 Å². The highest BCUT2D eigenvalue weighted by Gasteiger charge is 1.96. The van der Waals surface area contributed by atoms with Gasteiger partial charge >= 0.3 is 0 Å². The first-order chi connectivity index (χ1) is 5.34. The van der Waals surface area contributed by atoms with Crippen LogP contribution in [0.4, 0.5) is 0 Å². The zero-order valence-electron chi connectivity index (χ0n) is 6.86. The zero-order chi connectivity index (χ0) is 8.10. The van der Waals surface area contributed by atoms with Crippen LogP contribution in [0, 0.1) is 0 Å². The Morgan fingerprint density at radius 2 is 1.92 bits per heavy atom. The minimum Gasteiger partial charge on any atom is -0.508 e. The summed E-state index contributed by atoms with van der Waals surface area (Å²) in [6, 6.07) is 7.36.